The molecule has 9 heavy (non-hydrogen) atoms. The van der Waals surface area contributed by atoms with E-state index in [0.29, 0.717) is 12.1 Å². The van der Waals surface area contributed by atoms with Crippen molar-refractivity contribution < 1.29 is 9.47 Å². The van der Waals surface area contributed by atoms with Gasteiger partial charge in [-0.3, -0.25) is 0 Å². The molecule has 2 aliphatic heterocycles. The number of hydrogen-bond acceptors (Lipinski definition) is 3. The van der Waals surface area contributed by atoms with Crippen molar-refractivity contribution >= 4 is 0 Å². The van der Waals surface area contributed by atoms with Crippen molar-refractivity contribution in [1.29, 1.82) is 0 Å². The van der Waals surface area contributed by atoms with E-state index < -0.39 is 0 Å². The Morgan fingerprint density at radius 2 is 1.33 bits per heavy atom. The van der Waals surface area contributed by atoms with Crippen LogP contribution < -0.4 is 5.32 Å². The lowest BCUT2D eigenvalue weighted by Gasteiger charge is -2.35. The molecule has 3 nitrogen and oxygen atoms in total. The molecule has 0 amide bonds. The molecule has 2 rings (SSSR count). The Morgan fingerprint density at radius 1 is 0.889 bits per heavy atom. The zero-order valence-electron chi connectivity index (χ0n) is 5.30. The summed E-state index contributed by atoms with van der Waals surface area (Å²) in [4.78, 5) is 0. The third-order valence-corrected chi connectivity index (χ3v) is 1.75. The SMILES string of the molecule is C1OCC1NC1COC1. The molecule has 0 bridgehead atoms. The predicted molar refractivity (Wildman–Crippen MR) is 32.3 cm³/mol. The van der Waals surface area contributed by atoms with E-state index in [0.717, 1.165) is 26.4 Å². The molecule has 2 fully saturated rings. The lowest BCUT2D eigenvalue weighted by atomic mass is 10.2. The Balaban J connectivity index is 1.64. The maximum Gasteiger partial charge on any atom is 0.0643 e. The monoisotopic (exact) mass is 129 g/mol. The van der Waals surface area contributed by atoms with E-state index in [1.54, 1.807) is 0 Å². The second-order valence-corrected chi connectivity index (χ2v) is 2.64. The van der Waals surface area contributed by atoms with Crippen molar-refractivity contribution in [3.05, 3.63) is 0 Å². The van der Waals surface area contributed by atoms with E-state index in [2.05, 4.69) is 5.32 Å². The second kappa shape index (κ2) is 2.25. The summed E-state index contributed by atoms with van der Waals surface area (Å²) in [5.74, 6) is 0. The second-order valence-electron chi connectivity index (χ2n) is 2.64. The summed E-state index contributed by atoms with van der Waals surface area (Å²) in [6, 6.07) is 1.22. The summed E-state index contributed by atoms with van der Waals surface area (Å²) < 4.78 is 10.0. The minimum Gasteiger partial charge on any atom is -0.378 e. The van der Waals surface area contributed by atoms with Gasteiger partial charge in [0, 0.05) is 0 Å². The minimum absolute atomic E-state index is 0.610. The van der Waals surface area contributed by atoms with Gasteiger partial charge in [-0.25, -0.2) is 0 Å². The van der Waals surface area contributed by atoms with Crippen LogP contribution in [0.25, 0.3) is 0 Å². The van der Waals surface area contributed by atoms with E-state index in [1.807, 2.05) is 0 Å². The molecule has 2 heterocycles. The van der Waals surface area contributed by atoms with Gasteiger partial charge >= 0.3 is 0 Å². The molecule has 0 aromatic heterocycles. The van der Waals surface area contributed by atoms with Crippen LogP contribution in [0.3, 0.4) is 0 Å². The molecular formula is C6H11NO2. The molecule has 0 aromatic rings. The summed E-state index contributed by atoms with van der Waals surface area (Å²) in [6.07, 6.45) is 0. The Labute approximate surface area is 54.3 Å². The molecule has 2 aliphatic rings. The van der Waals surface area contributed by atoms with E-state index in [1.165, 1.54) is 0 Å². The van der Waals surface area contributed by atoms with E-state index in [-0.39, 0.29) is 0 Å². The smallest absolute Gasteiger partial charge is 0.0643 e. The van der Waals surface area contributed by atoms with Crippen molar-refractivity contribution in [2.24, 2.45) is 0 Å². The van der Waals surface area contributed by atoms with Crippen molar-refractivity contribution in [1.82, 2.24) is 5.32 Å². The molecule has 0 saturated carbocycles. The molecule has 0 unspecified atom stereocenters. The van der Waals surface area contributed by atoms with Crippen LogP contribution in [0.2, 0.25) is 0 Å². The van der Waals surface area contributed by atoms with Gasteiger partial charge < -0.3 is 14.8 Å². The molecule has 0 radical (unpaired) electrons. The molecule has 52 valence electrons. The van der Waals surface area contributed by atoms with Gasteiger partial charge in [-0.05, 0) is 0 Å². The Kier molecular flexibility index (Phi) is 1.41. The Hall–Kier alpha value is -0.120. The minimum atomic E-state index is 0.610. The summed E-state index contributed by atoms with van der Waals surface area (Å²) in [6.45, 7) is 3.54. The summed E-state index contributed by atoms with van der Waals surface area (Å²) in [5, 5.41) is 3.40. The number of hydrogen-bond donors (Lipinski definition) is 1. The van der Waals surface area contributed by atoms with Crippen LogP contribution in [0, 0.1) is 0 Å². The van der Waals surface area contributed by atoms with Crippen LogP contribution in [0.5, 0.6) is 0 Å². The van der Waals surface area contributed by atoms with Crippen molar-refractivity contribution in [2.75, 3.05) is 26.4 Å². The molecule has 0 aliphatic carbocycles. The fraction of sp³-hybridized carbons (Fsp3) is 1.00. The van der Waals surface area contributed by atoms with E-state index in [9.17, 15) is 0 Å². The molecule has 2 saturated heterocycles. The maximum atomic E-state index is 5.00. The molecule has 0 spiro atoms. The first-order valence-electron chi connectivity index (χ1n) is 3.37. The van der Waals surface area contributed by atoms with Crippen molar-refractivity contribution in [3.8, 4) is 0 Å². The summed E-state index contributed by atoms with van der Waals surface area (Å²) in [7, 11) is 0. The highest BCUT2D eigenvalue weighted by atomic mass is 16.5. The first kappa shape index (κ1) is 5.65. The maximum absolute atomic E-state index is 5.00. The summed E-state index contributed by atoms with van der Waals surface area (Å²) >= 11 is 0. The largest absolute Gasteiger partial charge is 0.378 e. The number of nitrogens with one attached hydrogen (secondary N) is 1. The molecular weight excluding hydrogens is 118 g/mol. The van der Waals surface area contributed by atoms with Crippen molar-refractivity contribution in [3.63, 3.8) is 0 Å². The highest BCUT2D eigenvalue weighted by molar-refractivity contribution is 4.81. The van der Waals surface area contributed by atoms with Crippen LogP contribution in [0.1, 0.15) is 0 Å². The molecule has 0 atom stereocenters. The van der Waals surface area contributed by atoms with Gasteiger partial charge in [0.05, 0.1) is 38.5 Å². The first-order chi connectivity index (χ1) is 4.45. The van der Waals surface area contributed by atoms with Gasteiger partial charge in [0.25, 0.3) is 0 Å². The average Bonchev–Trinajstić information content (AvgIpc) is 1.57. The highest BCUT2D eigenvalue weighted by Crippen LogP contribution is 2.05. The van der Waals surface area contributed by atoms with Crippen LogP contribution >= 0.6 is 0 Å². The lowest BCUT2D eigenvalue weighted by Crippen LogP contribution is -2.56. The van der Waals surface area contributed by atoms with Crippen LogP contribution in [-0.4, -0.2) is 38.5 Å². The standard InChI is InChI=1S/C6H11NO2/c1-5(2-8-1)7-6-3-9-4-6/h5-7H,1-4H2. The van der Waals surface area contributed by atoms with Crippen LogP contribution in [0.4, 0.5) is 0 Å². The highest BCUT2D eigenvalue weighted by Gasteiger charge is 2.25. The van der Waals surface area contributed by atoms with Crippen LogP contribution in [-0.2, 0) is 9.47 Å². The van der Waals surface area contributed by atoms with Gasteiger partial charge in [0.1, 0.15) is 0 Å². The quantitative estimate of drug-likeness (QED) is 0.538. The number of rotatable bonds is 2. The zero-order valence-corrected chi connectivity index (χ0v) is 5.30. The van der Waals surface area contributed by atoms with Gasteiger partial charge in [0.2, 0.25) is 0 Å². The average molecular weight is 129 g/mol. The third-order valence-electron chi connectivity index (χ3n) is 1.75. The van der Waals surface area contributed by atoms with Gasteiger partial charge in [0.15, 0.2) is 0 Å². The lowest BCUT2D eigenvalue weighted by molar-refractivity contribution is -0.0556. The Bertz CT molecular complexity index is 87.2. The fourth-order valence-corrected chi connectivity index (χ4v) is 0.997. The molecule has 0 aromatic carbocycles. The molecule has 1 N–H and O–H groups in total. The third kappa shape index (κ3) is 1.08. The van der Waals surface area contributed by atoms with Crippen molar-refractivity contribution in [2.45, 2.75) is 12.1 Å². The van der Waals surface area contributed by atoms with E-state index >= 15 is 0 Å². The Morgan fingerprint density at radius 3 is 1.56 bits per heavy atom. The summed E-state index contributed by atoms with van der Waals surface area (Å²) in [5.41, 5.74) is 0. The molecule has 3 heteroatoms. The van der Waals surface area contributed by atoms with Gasteiger partial charge in [-0.15, -0.1) is 0 Å². The number of ether oxygens (including phenoxy) is 2. The normalized spacial score (nSPS) is 29.3. The van der Waals surface area contributed by atoms with E-state index in [4.69, 9.17) is 9.47 Å². The topological polar surface area (TPSA) is 30.5 Å². The van der Waals surface area contributed by atoms with Gasteiger partial charge in [-0.1, -0.05) is 0 Å². The van der Waals surface area contributed by atoms with Gasteiger partial charge in [-0.2, -0.15) is 0 Å². The zero-order chi connectivity index (χ0) is 6.10. The first-order valence-corrected chi connectivity index (χ1v) is 3.37. The predicted octanol–water partition coefficient (Wildman–Crippen LogP) is -0.626. The fourth-order valence-electron chi connectivity index (χ4n) is 0.997. The van der Waals surface area contributed by atoms with Crippen LogP contribution in [0.15, 0.2) is 0 Å².